The number of nitrogens with zero attached hydrogens (tertiary/aromatic N) is 2. The van der Waals surface area contributed by atoms with Crippen molar-refractivity contribution < 1.29 is 9.16 Å². The number of terminal acetylenes is 1. The maximum atomic E-state index is 6.44. The molecule has 1 aromatic heterocycles. The van der Waals surface area contributed by atoms with E-state index in [9.17, 15) is 0 Å². The van der Waals surface area contributed by atoms with Crippen molar-refractivity contribution in [3.05, 3.63) is 24.4 Å². The number of benzene rings is 1. The van der Waals surface area contributed by atoms with Gasteiger partial charge in [0.2, 0.25) is 0 Å². The van der Waals surface area contributed by atoms with E-state index in [0.717, 1.165) is 16.7 Å². The Morgan fingerprint density at radius 3 is 2.67 bits per heavy atom. The topological polar surface area (TPSA) is 36.3 Å². The Hall–Kier alpha value is -1.77. The summed E-state index contributed by atoms with van der Waals surface area (Å²) in [5.41, 5.74) is 1.04. The summed E-state index contributed by atoms with van der Waals surface area (Å²) in [5, 5.41) is 5.79. The van der Waals surface area contributed by atoms with E-state index in [1.54, 1.807) is 0 Å². The average molecular weight is 345 g/mol. The van der Waals surface area contributed by atoms with Gasteiger partial charge in [0.1, 0.15) is 12.4 Å². The molecular formula is C19H28N2O2Si. The van der Waals surface area contributed by atoms with E-state index in [4.69, 9.17) is 15.6 Å². The van der Waals surface area contributed by atoms with Crippen LogP contribution >= 0.6 is 0 Å². The van der Waals surface area contributed by atoms with Crippen LogP contribution in [0, 0.1) is 12.3 Å². The highest BCUT2D eigenvalue weighted by atomic mass is 28.4. The van der Waals surface area contributed by atoms with Gasteiger partial charge in [-0.3, -0.25) is 4.68 Å². The van der Waals surface area contributed by atoms with E-state index in [2.05, 4.69) is 51.8 Å². The Kier molecular flexibility index (Phi) is 5.41. The first kappa shape index (κ1) is 18.6. The Bertz CT molecular complexity index is 738. The van der Waals surface area contributed by atoms with Crippen LogP contribution in [-0.2, 0) is 11.0 Å². The standard InChI is InChI=1S/C19H28N2O2Si/c1-8-11-22-17-10-9-16-13-20-21(18(16)12-17)14-15(2)23-24(6,7)19(3,4)5/h1,9-10,12-13,15H,11,14H2,2-7H3. The zero-order valence-electron chi connectivity index (χ0n) is 15.6. The Morgan fingerprint density at radius 1 is 1.33 bits per heavy atom. The number of hydrogen-bond acceptors (Lipinski definition) is 3. The first-order valence-corrected chi connectivity index (χ1v) is 11.2. The second kappa shape index (κ2) is 7.00. The van der Waals surface area contributed by atoms with Crippen LogP contribution in [0.15, 0.2) is 24.4 Å². The first-order chi connectivity index (χ1) is 11.1. The summed E-state index contributed by atoms with van der Waals surface area (Å²) in [4.78, 5) is 0. The quantitative estimate of drug-likeness (QED) is 0.573. The molecule has 1 heterocycles. The fourth-order valence-electron chi connectivity index (χ4n) is 2.37. The molecule has 0 saturated carbocycles. The van der Waals surface area contributed by atoms with Crippen LogP contribution in [0.4, 0.5) is 0 Å². The molecule has 0 N–H and O–H groups in total. The molecule has 1 atom stereocenters. The molecule has 130 valence electrons. The molecule has 0 aliphatic rings. The summed E-state index contributed by atoms with van der Waals surface area (Å²) in [7, 11) is -1.79. The van der Waals surface area contributed by atoms with Crippen molar-refractivity contribution in [1.29, 1.82) is 0 Å². The Balaban J connectivity index is 2.16. The molecule has 0 bridgehead atoms. The molecule has 5 heteroatoms. The van der Waals surface area contributed by atoms with Crippen molar-refractivity contribution >= 4 is 19.2 Å². The Morgan fingerprint density at radius 2 is 2.04 bits per heavy atom. The molecule has 0 spiro atoms. The van der Waals surface area contributed by atoms with Gasteiger partial charge in [-0.1, -0.05) is 26.7 Å². The fraction of sp³-hybridized carbons (Fsp3) is 0.526. The molecular weight excluding hydrogens is 316 g/mol. The van der Waals surface area contributed by atoms with Crippen LogP contribution < -0.4 is 4.74 Å². The number of fused-ring (bicyclic) bond motifs is 1. The molecule has 0 saturated heterocycles. The van der Waals surface area contributed by atoms with Crippen LogP contribution in [0.2, 0.25) is 18.1 Å². The van der Waals surface area contributed by atoms with E-state index in [0.29, 0.717) is 6.54 Å². The predicted octanol–water partition coefficient (Wildman–Crippen LogP) is 4.46. The lowest BCUT2D eigenvalue weighted by atomic mass is 10.2. The third-order valence-corrected chi connectivity index (χ3v) is 9.27. The summed E-state index contributed by atoms with van der Waals surface area (Å²) in [6, 6.07) is 5.91. The lowest BCUT2D eigenvalue weighted by Crippen LogP contribution is -2.44. The van der Waals surface area contributed by atoms with E-state index in [1.807, 2.05) is 29.1 Å². The van der Waals surface area contributed by atoms with Gasteiger partial charge in [0.25, 0.3) is 0 Å². The molecule has 2 rings (SSSR count). The van der Waals surface area contributed by atoms with Crippen molar-refractivity contribution in [3.8, 4) is 18.1 Å². The molecule has 2 aromatic rings. The minimum Gasteiger partial charge on any atom is -0.481 e. The summed E-state index contributed by atoms with van der Waals surface area (Å²) >= 11 is 0. The van der Waals surface area contributed by atoms with E-state index < -0.39 is 8.32 Å². The predicted molar refractivity (Wildman–Crippen MR) is 102 cm³/mol. The van der Waals surface area contributed by atoms with Crippen LogP contribution in [-0.4, -0.2) is 30.8 Å². The average Bonchev–Trinajstić information content (AvgIpc) is 2.85. The summed E-state index contributed by atoms with van der Waals surface area (Å²) < 4.78 is 13.9. The van der Waals surface area contributed by atoms with Crippen molar-refractivity contribution in [3.63, 3.8) is 0 Å². The third-order valence-electron chi connectivity index (χ3n) is 4.67. The maximum Gasteiger partial charge on any atom is 0.192 e. The normalized spacial score (nSPS) is 13.7. The van der Waals surface area contributed by atoms with Gasteiger partial charge in [0.15, 0.2) is 8.32 Å². The van der Waals surface area contributed by atoms with Crippen molar-refractivity contribution in [1.82, 2.24) is 9.78 Å². The number of aromatic nitrogens is 2. The maximum absolute atomic E-state index is 6.44. The lowest BCUT2D eigenvalue weighted by Gasteiger charge is -2.38. The molecule has 0 aliphatic carbocycles. The lowest BCUT2D eigenvalue weighted by molar-refractivity contribution is 0.176. The molecule has 24 heavy (non-hydrogen) atoms. The van der Waals surface area contributed by atoms with Crippen LogP contribution in [0.5, 0.6) is 5.75 Å². The minimum atomic E-state index is -1.79. The molecule has 4 nitrogen and oxygen atoms in total. The zero-order valence-corrected chi connectivity index (χ0v) is 16.6. The minimum absolute atomic E-state index is 0.101. The van der Waals surface area contributed by atoms with Crippen molar-refractivity contribution in [2.45, 2.75) is 58.5 Å². The van der Waals surface area contributed by atoms with Gasteiger partial charge in [-0.2, -0.15) is 5.10 Å². The molecule has 0 amide bonds. The highest BCUT2D eigenvalue weighted by Crippen LogP contribution is 2.37. The summed E-state index contributed by atoms with van der Waals surface area (Å²) in [6.07, 6.45) is 7.23. The molecule has 1 unspecified atom stereocenters. The van der Waals surface area contributed by atoms with Gasteiger partial charge in [0.05, 0.1) is 24.4 Å². The summed E-state index contributed by atoms with van der Waals surface area (Å²) in [5.74, 6) is 3.25. The van der Waals surface area contributed by atoms with Gasteiger partial charge < -0.3 is 9.16 Å². The van der Waals surface area contributed by atoms with Crippen LogP contribution in [0.25, 0.3) is 10.9 Å². The highest BCUT2D eigenvalue weighted by Gasteiger charge is 2.38. The van der Waals surface area contributed by atoms with Gasteiger partial charge >= 0.3 is 0 Å². The van der Waals surface area contributed by atoms with Gasteiger partial charge in [0, 0.05) is 11.5 Å². The van der Waals surface area contributed by atoms with Crippen LogP contribution in [0.1, 0.15) is 27.7 Å². The second-order valence-electron chi connectivity index (χ2n) is 7.73. The zero-order chi connectivity index (χ0) is 18.0. The molecule has 0 aliphatic heterocycles. The Labute approximate surface area is 146 Å². The van der Waals surface area contributed by atoms with Gasteiger partial charge in [-0.15, -0.1) is 6.42 Å². The van der Waals surface area contributed by atoms with Crippen molar-refractivity contribution in [2.75, 3.05) is 6.61 Å². The molecule has 1 aromatic carbocycles. The second-order valence-corrected chi connectivity index (χ2v) is 12.5. The van der Waals surface area contributed by atoms with Crippen molar-refractivity contribution in [2.24, 2.45) is 0 Å². The van der Waals surface area contributed by atoms with E-state index in [-0.39, 0.29) is 17.7 Å². The number of hydrogen-bond donors (Lipinski definition) is 0. The van der Waals surface area contributed by atoms with E-state index >= 15 is 0 Å². The summed E-state index contributed by atoms with van der Waals surface area (Å²) in [6.45, 7) is 14.4. The van der Waals surface area contributed by atoms with E-state index in [1.165, 1.54) is 0 Å². The highest BCUT2D eigenvalue weighted by molar-refractivity contribution is 6.74. The fourth-order valence-corrected chi connectivity index (χ4v) is 3.81. The number of ether oxygens (including phenoxy) is 1. The SMILES string of the molecule is C#CCOc1ccc2cnn(CC(C)O[Si](C)(C)C(C)(C)C)c2c1. The van der Waals surface area contributed by atoms with Crippen LogP contribution in [0.3, 0.4) is 0 Å². The molecule has 0 fully saturated rings. The van der Waals surface area contributed by atoms with Gasteiger partial charge in [-0.25, -0.2) is 0 Å². The first-order valence-electron chi connectivity index (χ1n) is 8.34. The smallest absolute Gasteiger partial charge is 0.192 e. The van der Waals surface area contributed by atoms with Gasteiger partial charge in [-0.05, 0) is 37.2 Å². The number of rotatable bonds is 6. The molecule has 0 radical (unpaired) electrons. The largest absolute Gasteiger partial charge is 0.481 e. The monoisotopic (exact) mass is 344 g/mol. The third kappa shape index (κ3) is 4.19.